The summed E-state index contributed by atoms with van der Waals surface area (Å²) in [4.78, 5) is 0. The molecule has 0 saturated carbocycles. The van der Waals surface area contributed by atoms with E-state index in [2.05, 4.69) is 14.6 Å². The molecule has 0 radical (unpaired) electrons. The number of aromatic nitrogens is 2. The Bertz CT molecular complexity index is 363. The molecule has 1 aliphatic rings. The highest BCUT2D eigenvalue weighted by molar-refractivity contribution is 7.91. The molecule has 0 aromatic carbocycles. The van der Waals surface area contributed by atoms with Crippen LogP contribution in [0.2, 0.25) is 0 Å². The molecule has 4 nitrogen and oxygen atoms in total. The Morgan fingerprint density at radius 1 is 1.50 bits per heavy atom. The van der Waals surface area contributed by atoms with Gasteiger partial charge in [-0.15, -0.1) is 5.10 Å². The predicted octanol–water partition coefficient (Wildman–Crippen LogP) is -1.49. The number of hydrogen-bond donors (Lipinski definition) is 0. The summed E-state index contributed by atoms with van der Waals surface area (Å²) < 4.78 is 14.5. The largest absolute Gasteiger partial charge is 0.230 e. The van der Waals surface area contributed by atoms with Crippen molar-refractivity contribution in [1.82, 2.24) is 10.2 Å². The molecule has 10 heavy (non-hydrogen) atoms. The molecule has 1 aliphatic heterocycles. The normalized spacial score (nSPS) is 21.0. The molecule has 0 bridgehead atoms. The van der Waals surface area contributed by atoms with Crippen molar-refractivity contribution in [1.29, 1.82) is 0 Å². The van der Waals surface area contributed by atoms with Crippen LogP contribution in [0.5, 0.6) is 0 Å². The van der Waals surface area contributed by atoms with Gasteiger partial charge in [0.1, 0.15) is 10.7 Å². The minimum Gasteiger partial charge on any atom is -0.230 e. The van der Waals surface area contributed by atoms with Gasteiger partial charge in [-0.2, -0.15) is 9.50 Å². The molecule has 0 N–H and O–H groups in total. The van der Waals surface area contributed by atoms with Crippen LogP contribution in [0.1, 0.15) is 0 Å². The summed E-state index contributed by atoms with van der Waals surface area (Å²) in [7, 11) is -1.22. The number of hydrogen-bond acceptors (Lipinski definition) is 3. The van der Waals surface area contributed by atoms with Gasteiger partial charge in [0.15, 0.2) is 11.0 Å². The Labute approximate surface area is 58.9 Å². The third kappa shape index (κ3) is 0.750. The van der Waals surface area contributed by atoms with Crippen molar-refractivity contribution < 1.29 is 4.21 Å². The summed E-state index contributed by atoms with van der Waals surface area (Å²) in [5.74, 6) is 0. The molecule has 1 atom stereocenters. The van der Waals surface area contributed by atoms with Gasteiger partial charge in [-0.05, 0) is 6.07 Å². The lowest BCUT2D eigenvalue weighted by Gasteiger charge is -1.75. The summed E-state index contributed by atoms with van der Waals surface area (Å²) >= 11 is 0. The smallest absolute Gasteiger partial charge is 0.168 e. The maximum Gasteiger partial charge on any atom is 0.168 e. The highest BCUT2D eigenvalue weighted by Gasteiger charge is 2.00. The molecule has 0 aliphatic carbocycles. The Kier molecular flexibility index (Phi) is 1.10. The summed E-state index contributed by atoms with van der Waals surface area (Å²) in [6.45, 7) is 0. The van der Waals surface area contributed by atoms with E-state index in [9.17, 15) is 4.21 Å². The fraction of sp³-hybridized carbons (Fsp3) is 0. The lowest BCUT2D eigenvalue weighted by atomic mass is 10.5. The summed E-state index contributed by atoms with van der Waals surface area (Å²) in [5.41, 5.74) is 0. The van der Waals surface area contributed by atoms with E-state index in [1.54, 1.807) is 6.07 Å². The summed E-state index contributed by atoms with van der Waals surface area (Å²) in [6, 6.07) is 1.68. The average molecular weight is 153 g/mol. The Morgan fingerprint density at radius 2 is 2.40 bits per heavy atom. The van der Waals surface area contributed by atoms with E-state index in [1.807, 2.05) is 0 Å². The molecule has 1 aromatic rings. The predicted molar refractivity (Wildman–Crippen MR) is 35.4 cm³/mol. The van der Waals surface area contributed by atoms with Gasteiger partial charge in [-0.1, -0.05) is 0 Å². The lowest BCUT2D eigenvalue weighted by Crippen LogP contribution is -2.25. The second-order valence-corrected chi connectivity index (χ2v) is 2.76. The van der Waals surface area contributed by atoms with E-state index in [0.717, 1.165) is 0 Å². The Hall–Kier alpha value is -1.10. The lowest BCUT2D eigenvalue weighted by molar-refractivity contribution is 0.690. The van der Waals surface area contributed by atoms with Crippen molar-refractivity contribution in [2.45, 2.75) is 0 Å². The molecule has 2 rings (SSSR count). The zero-order chi connectivity index (χ0) is 6.97. The van der Waals surface area contributed by atoms with Crippen LogP contribution < -0.4 is 10.7 Å². The van der Waals surface area contributed by atoms with Crippen LogP contribution in [0.3, 0.4) is 0 Å². The first kappa shape index (κ1) is 5.67. The zero-order valence-corrected chi connectivity index (χ0v) is 5.71. The van der Waals surface area contributed by atoms with E-state index in [1.165, 1.54) is 11.6 Å². The van der Waals surface area contributed by atoms with Crippen molar-refractivity contribution in [2.24, 2.45) is 4.40 Å². The SMILES string of the molecule is O=S1C=c2nnccc2=N1. The topological polar surface area (TPSA) is 55.2 Å². The van der Waals surface area contributed by atoms with Crippen molar-refractivity contribution in [2.75, 3.05) is 0 Å². The van der Waals surface area contributed by atoms with Gasteiger partial charge in [0.25, 0.3) is 0 Å². The molecule has 1 aromatic heterocycles. The van der Waals surface area contributed by atoms with Crippen LogP contribution in [-0.2, 0) is 11.0 Å². The minimum absolute atomic E-state index is 0.612. The van der Waals surface area contributed by atoms with Gasteiger partial charge in [-0.3, -0.25) is 0 Å². The van der Waals surface area contributed by atoms with Gasteiger partial charge in [0, 0.05) is 0 Å². The van der Waals surface area contributed by atoms with Gasteiger partial charge < -0.3 is 0 Å². The maximum absolute atomic E-state index is 10.7. The molecular formula is C5H3N3OS. The molecule has 0 spiro atoms. The van der Waals surface area contributed by atoms with E-state index >= 15 is 0 Å². The second-order valence-electron chi connectivity index (χ2n) is 1.79. The monoisotopic (exact) mass is 153 g/mol. The quantitative estimate of drug-likeness (QED) is 0.456. The summed E-state index contributed by atoms with van der Waals surface area (Å²) in [6.07, 6.45) is 1.53. The molecule has 50 valence electrons. The summed E-state index contributed by atoms with van der Waals surface area (Å²) in [5, 5.41) is 10.1. The van der Waals surface area contributed by atoms with Crippen LogP contribution in [-0.4, -0.2) is 14.4 Å². The standard InChI is InChI=1S/C5H3N3OS/c9-10-3-5-4(8-10)1-2-6-7-5/h1-3H. The van der Waals surface area contributed by atoms with E-state index in [-0.39, 0.29) is 0 Å². The van der Waals surface area contributed by atoms with Crippen LogP contribution >= 0.6 is 0 Å². The average Bonchev–Trinajstić information content (AvgIpc) is 2.27. The van der Waals surface area contributed by atoms with Gasteiger partial charge in [0.05, 0.1) is 11.6 Å². The highest BCUT2D eigenvalue weighted by Crippen LogP contribution is 1.85. The third-order valence-electron chi connectivity index (χ3n) is 1.13. The van der Waals surface area contributed by atoms with Gasteiger partial charge in [-0.25, -0.2) is 4.21 Å². The first-order valence-corrected chi connectivity index (χ1v) is 3.82. The minimum atomic E-state index is -1.22. The van der Waals surface area contributed by atoms with E-state index < -0.39 is 11.0 Å². The number of rotatable bonds is 0. The van der Waals surface area contributed by atoms with E-state index in [4.69, 9.17) is 0 Å². The first-order chi connectivity index (χ1) is 4.86. The zero-order valence-electron chi connectivity index (χ0n) is 4.89. The molecule has 1 unspecified atom stereocenters. The van der Waals surface area contributed by atoms with Crippen molar-refractivity contribution in [3.63, 3.8) is 0 Å². The fourth-order valence-corrected chi connectivity index (χ4v) is 1.48. The number of fused-ring (bicyclic) bond motifs is 1. The molecule has 2 heterocycles. The van der Waals surface area contributed by atoms with Crippen LogP contribution in [0.15, 0.2) is 16.7 Å². The Balaban J connectivity index is 2.96. The van der Waals surface area contributed by atoms with E-state index in [0.29, 0.717) is 10.7 Å². The van der Waals surface area contributed by atoms with Gasteiger partial charge >= 0.3 is 0 Å². The first-order valence-electron chi connectivity index (χ1n) is 2.65. The van der Waals surface area contributed by atoms with Crippen molar-refractivity contribution >= 4 is 16.4 Å². The molecular weight excluding hydrogens is 150 g/mol. The van der Waals surface area contributed by atoms with Gasteiger partial charge in [0.2, 0.25) is 0 Å². The molecule has 5 heteroatoms. The van der Waals surface area contributed by atoms with Crippen molar-refractivity contribution in [3.8, 4) is 0 Å². The molecule has 0 fully saturated rings. The Morgan fingerprint density at radius 3 is 3.20 bits per heavy atom. The molecule has 0 saturated heterocycles. The molecule has 0 amide bonds. The van der Waals surface area contributed by atoms with Crippen LogP contribution in [0.25, 0.3) is 5.41 Å². The third-order valence-corrected chi connectivity index (χ3v) is 1.93. The fourth-order valence-electron chi connectivity index (χ4n) is 0.716. The van der Waals surface area contributed by atoms with Crippen molar-refractivity contribution in [3.05, 3.63) is 23.0 Å². The van der Waals surface area contributed by atoms with Crippen LogP contribution in [0.4, 0.5) is 0 Å². The van der Waals surface area contributed by atoms with Crippen LogP contribution in [0, 0.1) is 0 Å². The number of nitrogens with zero attached hydrogens (tertiary/aromatic N) is 3. The highest BCUT2D eigenvalue weighted by atomic mass is 32.2. The second kappa shape index (κ2) is 1.95. The maximum atomic E-state index is 10.7.